The lowest BCUT2D eigenvalue weighted by Crippen LogP contribution is -2.12. The summed E-state index contributed by atoms with van der Waals surface area (Å²) in [5.41, 5.74) is 3.59. The van der Waals surface area contributed by atoms with Gasteiger partial charge in [-0.15, -0.1) is 0 Å². The van der Waals surface area contributed by atoms with Gasteiger partial charge in [0.05, 0.1) is 5.69 Å². The summed E-state index contributed by atoms with van der Waals surface area (Å²) in [6.45, 7) is 6.10. The van der Waals surface area contributed by atoms with Crippen LogP contribution in [0.15, 0.2) is 30.9 Å². The average Bonchev–Trinajstić information content (AvgIpc) is 2.80. The highest BCUT2D eigenvalue weighted by Crippen LogP contribution is 2.14. The normalized spacial score (nSPS) is 10.6. The van der Waals surface area contributed by atoms with Crippen molar-refractivity contribution in [2.75, 3.05) is 6.54 Å². The molecule has 4 heteroatoms. The molecule has 0 unspecified atom stereocenters. The summed E-state index contributed by atoms with van der Waals surface area (Å²) in [7, 11) is 0. The van der Waals surface area contributed by atoms with Gasteiger partial charge in [-0.2, -0.15) is 5.10 Å². The van der Waals surface area contributed by atoms with Gasteiger partial charge in [-0.25, -0.2) is 9.67 Å². The van der Waals surface area contributed by atoms with Crippen molar-refractivity contribution >= 4 is 0 Å². The van der Waals surface area contributed by atoms with Crippen molar-refractivity contribution in [1.82, 2.24) is 20.1 Å². The molecule has 0 bridgehead atoms. The van der Waals surface area contributed by atoms with Gasteiger partial charge in [-0.1, -0.05) is 19.1 Å². The molecule has 0 atom stereocenters. The van der Waals surface area contributed by atoms with E-state index in [0.29, 0.717) is 0 Å². The van der Waals surface area contributed by atoms with Crippen LogP contribution in [0.3, 0.4) is 0 Å². The van der Waals surface area contributed by atoms with Gasteiger partial charge < -0.3 is 5.32 Å². The van der Waals surface area contributed by atoms with Gasteiger partial charge in [-0.3, -0.25) is 0 Å². The van der Waals surface area contributed by atoms with Crippen molar-refractivity contribution in [2.24, 2.45) is 0 Å². The van der Waals surface area contributed by atoms with Crippen LogP contribution in [0.25, 0.3) is 5.69 Å². The first-order valence-electron chi connectivity index (χ1n) is 5.46. The van der Waals surface area contributed by atoms with Crippen molar-refractivity contribution in [2.45, 2.75) is 20.4 Å². The Hall–Kier alpha value is -1.68. The van der Waals surface area contributed by atoms with Crippen LogP contribution in [0.4, 0.5) is 0 Å². The van der Waals surface area contributed by atoms with Crippen LogP contribution in [0.2, 0.25) is 0 Å². The molecule has 0 radical (unpaired) electrons. The number of benzene rings is 1. The summed E-state index contributed by atoms with van der Waals surface area (Å²) in [6.07, 6.45) is 3.26. The molecule has 1 heterocycles. The molecule has 2 aromatic rings. The molecule has 1 N–H and O–H groups in total. The monoisotopic (exact) mass is 216 g/mol. The molecule has 2 rings (SSSR count). The first-order chi connectivity index (χ1) is 7.81. The van der Waals surface area contributed by atoms with E-state index in [0.717, 1.165) is 18.8 Å². The highest BCUT2D eigenvalue weighted by atomic mass is 15.3. The standard InChI is InChI=1S/C12H16N4/c1-3-13-7-11-4-5-12(10(2)6-11)16-9-14-8-15-16/h4-6,8-9,13H,3,7H2,1-2H3. The molecule has 0 spiro atoms. The fraction of sp³-hybridized carbons (Fsp3) is 0.333. The topological polar surface area (TPSA) is 42.7 Å². The van der Waals surface area contributed by atoms with E-state index in [-0.39, 0.29) is 0 Å². The SMILES string of the molecule is CCNCc1ccc(-n2cncn2)c(C)c1. The number of hydrogen-bond donors (Lipinski definition) is 1. The number of nitrogens with zero attached hydrogens (tertiary/aromatic N) is 3. The van der Waals surface area contributed by atoms with E-state index in [4.69, 9.17) is 0 Å². The summed E-state index contributed by atoms with van der Waals surface area (Å²) in [6, 6.07) is 6.38. The second-order valence-electron chi connectivity index (χ2n) is 3.74. The smallest absolute Gasteiger partial charge is 0.138 e. The number of aryl methyl sites for hydroxylation is 1. The second kappa shape index (κ2) is 4.90. The zero-order valence-electron chi connectivity index (χ0n) is 9.64. The lowest BCUT2D eigenvalue weighted by molar-refractivity contribution is 0.725. The molecule has 0 amide bonds. The molecule has 0 fully saturated rings. The van der Waals surface area contributed by atoms with E-state index in [2.05, 4.69) is 47.4 Å². The van der Waals surface area contributed by atoms with E-state index >= 15 is 0 Å². The minimum Gasteiger partial charge on any atom is -0.313 e. The quantitative estimate of drug-likeness (QED) is 0.845. The summed E-state index contributed by atoms with van der Waals surface area (Å²) < 4.78 is 1.78. The third kappa shape index (κ3) is 2.28. The lowest BCUT2D eigenvalue weighted by atomic mass is 10.1. The third-order valence-corrected chi connectivity index (χ3v) is 2.51. The van der Waals surface area contributed by atoms with Crippen LogP contribution in [0.5, 0.6) is 0 Å². The number of rotatable bonds is 4. The van der Waals surface area contributed by atoms with Crippen LogP contribution in [0, 0.1) is 6.92 Å². The van der Waals surface area contributed by atoms with Gasteiger partial charge >= 0.3 is 0 Å². The van der Waals surface area contributed by atoms with Crippen molar-refractivity contribution in [1.29, 1.82) is 0 Å². The Kier molecular flexibility index (Phi) is 3.31. The zero-order chi connectivity index (χ0) is 11.4. The van der Waals surface area contributed by atoms with Crippen molar-refractivity contribution < 1.29 is 0 Å². The highest BCUT2D eigenvalue weighted by Gasteiger charge is 2.02. The van der Waals surface area contributed by atoms with Crippen LogP contribution >= 0.6 is 0 Å². The molecular formula is C12H16N4. The van der Waals surface area contributed by atoms with Crippen molar-refractivity contribution in [3.05, 3.63) is 42.0 Å². The molecule has 0 aliphatic carbocycles. The lowest BCUT2D eigenvalue weighted by Gasteiger charge is -2.08. The fourth-order valence-electron chi connectivity index (χ4n) is 1.69. The maximum Gasteiger partial charge on any atom is 0.138 e. The molecule has 0 aliphatic rings. The van der Waals surface area contributed by atoms with Gasteiger partial charge in [0.15, 0.2) is 0 Å². The number of aromatic nitrogens is 3. The maximum absolute atomic E-state index is 4.13. The predicted octanol–water partition coefficient (Wildman–Crippen LogP) is 1.69. The second-order valence-corrected chi connectivity index (χ2v) is 3.74. The highest BCUT2D eigenvalue weighted by molar-refractivity contribution is 5.41. The molecule has 84 valence electrons. The summed E-state index contributed by atoms with van der Waals surface area (Å²) >= 11 is 0. The number of hydrogen-bond acceptors (Lipinski definition) is 3. The zero-order valence-corrected chi connectivity index (χ0v) is 9.64. The molecule has 0 saturated heterocycles. The van der Waals surface area contributed by atoms with Crippen LogP contribution < -0.4 is 5.32 Å². The third-order valence-electron chi connectivity index (χ3n) is 2.51. The Balaban J connectivity index is 2.23. The van der Waals surface area contributed by atoms with Crippen molar-refractivity contribution in [3.63, 3.8) is 0 Å². The van der Waals surface area contributed by atoms with Crippen LogP contribution in [-0.4, -0.2) is 21.3 Å². The van der Waals surface area contributed by atoms with E-state index < -0.39 is 0 Å². The fourth-order valence-corrected chi connectivity index (χ4v) is 1.69. The minimum atomic E-state index is 0.912. The van der Waals surface area contributed by atoms with E-state index in [9.17, 15) is 0 Å². The van der Waals surface area contributed by atoms with Crippen LogP contribution in [0.1, 0.15) is 18.1 Å². The van der Waals surface area contributed by atoms with Gasteiger partial charge in [0.25, 0.3) is 0 Å². The van der Waals surface area contributed by atoms with Gasteiger partial charge in [0.1, 0.15) is 12.7 Å². The first-order valence-corrected chi connectivity index (χ1v) is 5.46. The van der Waals surface area contributed by atoms with Crippen LogP contribution in [-0.2, 0) is 6.54 Å². The molecule has 4 nitrogen and oxygen atoms in total. The first kappa shape index (κ1) is 10.8. The Labute approximate surface area is 95.3 Å². The number of nitrogens with one attached hydrogen (secondary N) is 1. The molecular weight excluding hydrogens is 200 g/mol. The molecule has 0 saturated carbocycles. The average molecular weight is 216 g/mol. The molecule has 16 heavy (non-hydrogen) atoms. The largest absolute Gasteiger partial charge is 0.313 e. The summed E-state index contributed by atoms with van der Waals surface area (Å²) in [5, 5.41) is 7.44. The van der Waals surface area contributed by atoms with Gasteiger partial charge in [0, 0.05) is 6.54 Å². The van der Waals surface area contributed by atoms with E-state index in [1.807, 2.05) is 0 Å². The Bertz CT molecular complexity index is 448. The Morgan fingerprint density at radius 3 is 2.88 bits per heavy atom. The van der Waals surface area contributed by atoms with Crippen molar-refractivity contribution in [3.8, 4) is 5.69 Å². The maximum atomic E-state index is 4.13. The molecule has 1 aromatic carbocycles. The summed E-state index contributed by atoms with van der Waals surface area (Å²) in [4.78, 5) is 3.95. The molecule has 1 aromatic heterocycles. The minimum absolute atomic E-state index is 0.912. The summed E-state index contributed by atoms with van der Waals surface area (Å²) in [5.74, 6) is 0. The van der Waals surface area contributed by atoms with Gasteiger partial charge in [-0.05, 0) is 30.7 Å². The van der Waals surface area contributed by atoms with Gasteiger partial charge in [0.2, 0.25) is 0 Å². The predicted molar refractivity (Wildman–Crippen MR) is 63.5 cm³/mol. The Morgan fingerprint density at radius 2 is 2.25 bits per heavy atom. The Morgan fingerprint density at radius 1 is 1.38 bits per heavy atom. The van der Waals surface area contributed by atoms with E-state index in [1.165, 1.54) is 11.1 Å². The van der Waals surface area contributed by atoms with E-state index in [1.54, 1.807) is 17.3 Å². The molecule has 0 aliphatic heterocycles.